The minimum absolute atomic E-state index is 0.102. The maximum Gasteiger partial charge on any atom is 0.408 e. The average molecular weight is 605 g/mol. The van der Waals surface area contributed by atoms with E-state index < -0.39 is 17.2 Å². The summed E-state index contributed by atoms with van der Waals surface area (Å²) < 4.78 is 17.2. The number of nitrogens with zero attached hydrogens (tertiary/aromatic N) is 5. The molecule has 5 rings (SSSR count). The van der Waals surface area contributed by atoms with Crippen molar-refractivity contribution in [3.8, 4) is 17.3 Å². The van der Waals surface area contributed by atoms with Gasteiger partial charge in [0.15, 0.2) is 0 Å². The highest BCUT2D eigenvalue weighted by Crippen LogP contribution is 2.36. The summed E-state index contributed by atoms with van der Waals surface area (Å²) in [5, 5.41) is 14.5. The second-order valence-electron chi connectivity index (χ2n) is 11.8. The van der Waals surface area contributed by atoms with Crippen molar-refractivity contribution in [2.24, 2.45) is 0 Å². The maximum atomic E-state index is 13.7. The summed E-state index contributed by atoms with van der Waals surface area (Å²) >= 11 is 1.56. The van der Waals surface area contributed by atoms with E-state index in [0.717, 1.165) is 29.1 Å². The normalized spacial score (nSPS) is 16.5. The Labute approximate surface area is 254 Å². The number of benzene rings is 1. The van der Waals surface area contributed by atoms with E-state index in [1.807, 2.05) is 47.5 Å². The Balaban J connectivity index is 1.46. The molecule has 2 atom stereocenters. The highest BCUT2D eigenvalue weighted by Gasteiger charge is 2.37. The molecule has 12 heteroatoms. The molecular formula is C31H36N6O5S. The lowest BCUT2D eigenvalue weighted by atomic mass is 9.92. The molecule has 4 heterocycles. The fraction of sp³-hybridized carbons (Fsp3) is 0.419. The third-order valence-electron chi connectivity index (χ3n) is 6.99. The molecule has 1 aromatic carbocycles. The van der Waals surface area contributed by atoms with Crippen LogP contribution >= 0.6 is 11.3 Å². The molecule has 226 valence electrons. The number of ether oxygens (including phenoxy) is 2. The van der Waals surface area contributed by atoms with Crippen molar-refractivity contribution < 1.29 is 23.5 Å². The van der Waals surface area contributed by atoms with E-state index in [1.54, 1.807) is 51.2 Å². The van der Waals surface area contributed by atoms with E-state index in [-0.39, 0.29) is 35.3 Å². The lowest BCUT2D eigenvalue weighted by Crippen LogP contribution is -2.47. The second-order valence-corrected chi connectivity index (χ2v) is 12.7. The van der Waals surface area contributed by atoms with Gasteiger partial charge in [-0.2, -0.15) is 0 Å². The zero-order chi connectivity index (χ0) is 30.8. The van der Waals surface area contributed by atoms with Gasteiger partial charge < -0.3 is 24.1 Å². The first kappa shape index (κ1) is 30.1. The van der Waals surface area contributed by atoms with Gasteiger partial charge in [-0.3, -0.25) is 4.79 Å². The second kappa shape index (κ2) is 12.1. The molecule has 0 bridgehead atoms. The molecule has 0 aliphatic carbocycles. The molecule has 1 fully saturated rings. The lowest BCUT2D eigenvalue weighted by Gasteiger charge is -2.29. The first-order chi connectivity index (χ1) is 20.4. The van der Waals surface area contributed by atoms with Crippen molar-refractivity contribution in [3.63, 3.8) is 0 Å². The number of thiazole rings is 1. The Kier molecular flexibility index (Phi) is 8.50. The van der Waals surface area contributed by atoms with Crippen LogP contribution in [-0.4, -0.2) is 56.3 Å². The summed E-state index contributed by atoms with van der Waals surface area (Å²) in [6.45, 7) is 9.74. The zero-order valence-electron chi connectivity index (χ0n) is 25.2. The van der Waals surface area contributed by atoms with Crippen LogP contribution in [0.2, 0.25) is 0 Å². The number of nitrogens with one attached hydrogen (secondary N) is 1. The van der Waals surface area contributed by atoms with Crippen molar-refractivity contribution in [1.29, 1.82) is 0 Å². The summed E-state index contributed by atoms with van der Waals surface area (Å²) in [6, 6.07) is 12.8. The van der Waals surface area contributed by atoms with Crippen molar-refractivity contribution >= 4 is 23.3 Å². The fourth-order valence-corrected chi connectivity index (χ4v) is 5.99. The number of aromatic nitrogens is 4. The first-order valence-electron chi connectivity index (χ1n) is 14.1. The van der Waals surface area contributed by atoms with Gasteiger partial charge in [0.2, 0.25) is 17.7 Å². The summed E-state index contributed by atoms with van der Waals surface area (Å²) in [5.74, 6) is 0.347. The van der Waals surface area contributed by atoms with Gasteiger partial charge >= 0.3 is 6.09 Å². The Morgan fingerprint density at radius 1 is 1.12 bits per heavy atom. The number of likely N-dealkylation sites (tertiary alicyclic amines) is 1. The van der Waals surface area contributed by atoms with Crippen LogP contribution in [0.3, 0.4) is 0 Å². The first-order valence-corrected chi connectivity index (χ1v) is 15.0. The molecule has 0 spiro atoms. The molecule has 2 amide bonds. The molecule has 11 nitrogen and oxygen atoms in total. The largest absolute Gasteiger partial charge is 0.481 e. The molecule has 1 aliphatic heterocycles. The van der Waals surface area contributed by atoms with E-state index in [2.05, 4.69) is 25.5 Å². The molecular weight excluding hydrogens is 568 g/mol. The van der Waals surface area contributed by atoms with Gasteiger partial charge in [0.1, 0.15) is 21.8 Å². The number of hydrogen-bond donors (Lipinski definition) is 1. The number of rotatable bonds is 8. The zero-order valence-corrected chi connectivity index (χ0v) is 26.0. The van der Waals surface area contributed by atoms with Crippen LogP contribution in [0.5, 0.6) is 5.88 Å². The highest BCUT2D eigenvalue weighted by atomic mass is 32.1. The summed E-state index contributed by atoms with van der Waals surface area (Å²) in [7, 11) is 1.48. The van der Waals surface area contributed by atoms with Crippen LogP contribution in [0.1, 0.15) is 79.2 Å². The predicted octanol–water partition coefficient (Wildman–Crippen LogP) is 5.87. The lowest BCUT2D eigenvalue weighted by molar-refractivity contribution is 0.0443. The topological polar surface area (TPSA) is 133 Å². The van der Waals surface area contributed by atoms with Gasteiger partial charge in [0.05, 0.1) is 13.2 Å². The van der Waals surface area contributed by atoms with E-state index in [0.29, 0.717) is 18.5 Å². The van der Waals surface area contributed by atoms with Gasteiger partial charge in [0, 0.05) is 35.7 Å². The molecule has 43 heavy (non-hydrogen) atoms. The molecule has 0 unspecified atom stereocenters. The highest BCUT2D eigenvalue weighted by molar-refractivity contribution is 7.09. The number of alkyl carbamates (subject to hydrolysis) is 1. The van der Waals surface area contributed by atoms with Gasteiger partial charge in [-0.25, -0.2) is 14.8 Å². The number of methoxy groups -OCH3 is 1. The number of hydrogen-bond acceptors (Lipinski definition) is 10. The van der Waals surface area contributed by atoms with Crippen molar-refractivity contribution in [1.82, 2.24) is 30.4 Å². The van der Waals surface area contributed by atoms with Gasteiger partial charge in [-0.1, -0.05) is 30.3 Å². The van der Waals surface area contributed by atoms with E-state index in [9.17, 15) is 9.59 Å². The molecule has 0 radical (unpaired) electrons. The minimum Gasteiger partial charge on any atom is -0.481 e. The maximum absolute atomic E-state index is 13.7. The molecule has 0 saturated carbocycles. The van der Waals surface area contributed by atoms with Crippen LogP contribution in [0, 0.1) is 6.92 Å². The Morgan fingerprint density at radius 2 is 1.88 bits per heavy atom. The Bertz CT molecular complexity index is 1600. The third kappa shape index (κ3) is 7.02. The SMILES string of the molecule is COc1cc(-c2nnc([C@@](C)(Cc3ccccc3)NC(=O)OC(C)(C)C)o2)cc(C(=O)N2CCC[C@@H]2c2nc(C)cs2)n1. The summed E-state index contributed by atoms with van der Waals surface area (Å²) in [6.07, 6.45) is 1.47. The van der Waals surface area contributed by atoms with Crippen LogP contribution in [0.4, 0.5) is 4.79 Å². The average Bonchev–Trinajstić information content (AvgIpc) is 3.72. The smallest absolute Gasteiger partial charge is 0.408 e. The van der Waals surface area contributed by atoms with Gasteiger partial charge in [-0.05, 0) is 59.1 Å². The number of pyridine rings is 1. The van der Waals surface area contributed by atoms with Crippen LogP contribution in [0.15, 0.2) is 52.3 Å². The summed E-state index contributed by atoms with van der Waals surface area (Å²) in [5.41, 5.74) is 0.770. The van der Waals surface area contributed by atoms with Crippen molar-refractivity contribution in [3.05, 3.63) is 75.7 Å². The number of carbonyl (C=O) groups excluding carboxylic acids is 2. The van der Waals surface area contributed by atoms with Crippen molar-refractivity contribution in [2.45, 2.75) is 71.1 Å². The molecule has 1 saturated heterocycles. The van der Waals surface area contributed by atoms with Crippen LogP contribution in [-0.2, 0) is 16.7 Å². The molecule has 1 N–H and O–H groups in total. The molecule has 1 aliphatic rings. The number of carbonyl (C=O) groups is 2. The van der Waals surface area contributed by atoms with Crippen LogP contribution in [0.25, 0.3) is 11.5 Å². The fourth-order valence-electron chi connectivity index (χ4n) is 5.05. The molecule has 4 aromatic rings. The predicted molar refractivity (Wildman–Crippen MR) is 161 cm³/mol. The third-order valence-corrected chi connectivity index (χ3v) is 8.05. The number of amides is 2. The minimum atomic E-state index is -1.10. The molecule has 3 aromatic heterocycles. The van der Waals surface area contributed by atoms with E-state index in [4.69, 9.17) is 13.9 Å². The van der Waals surface area contributed by atoms with Crippen molar-refractivity contribution in [2.75, 3.05) is 13.7 Å². The van der Waals surface area contributed by atoms with Crippen LogP contribution < -0.4 is 10.1 Å². The monoisotopic (exact) mass is 604 g/mol. The van der Waals surface area contributed by atoms with E-state index in [1.165, 1.54) is 7.11 Å². The Morgan fingerprint density at radius 3 is 2.56 bits per heavy atom. The summed E-state index contributed by atoms with van der Waals surface area (Å²) in [4.78, 5) is 37.5. The standard InChI is InChI=1S/C31H36N6O5S/c1-19-18-43-26(32-19)23-13-10-14-37(23)27(38)22-15-21(16-24(33-22)40-6)25-35-36-28(41-25)31(5,17-20-11-8-7-9-12-20)34-29(39)42-30(2,3)4/h7-9,11-12,15-16,18,23H,10,13-14,17H2,1-6H3,(H,34,39)/t23-,31-/m1/s1. The number of aryl methyl sites for hydroxylation is 1. The quantitative estimate of drug-likeness (QED) is 0.262. The van der Waals surface area contributed by atoms with Gasteiger partial charge in [0.25, 0.3) is 5.91 Å². The van der Waals surface area contributed by atoms with Gasteiger partial charge in [-0.15, -0.1) is 21.5 Å². The Hall–Kier alpha value is -4.32. The van der Waals surface area contributed by atoms with E-state index >= 15 is 0 Å².